The summed E-state index contributed by atoms with van der Waals surface area (Å²) in [6.07, 6.45) is 1.45. The fourth-order valence-corrected chi connectivity index (χ4v) is 2.76. The Labute approximate surface area is 156 Å². The smallest absolute Gasteiger partial charge is 0.344 e. The summed E-state index contributed by atoms with van der Waals surface area (Å²) in [7, 11) is 0. The molecule has 0 amide bonds. The molecule has 6 nitrogen and oxygen atoms in total. The van der Waals surface area contributed by atoms with Crippen molar-refractivity contribution in [3.63, 3.8) is 0 Å². The number of esters is 2. The summed E-state index contributed by atoms with van der Waals surface area (Å²) in [5.74, 6) is -1.32. The standard InChI is InChI=1S/C21H19NO5/c1-3-26-19(23)13-27-21(25)18-12-22(15-10-8-14(2)9-11-15)20(24)17-7-5-4-6-16(17)18/h4-12H,3,13H2,1-2H3. The largest absolute Gasteiger partial charge is 0.463 e. The minimum absolute atomic E-state index is 0.204. The van der Waals surface area contributed by atoms with E-state index in [1.54, 1.807) is 43.3 Å². The van der Waals surface area contributed by atoms with Gasteiger partial charge in [-0.2, -0.15) is 0 Å². The van der Waals surface area contributed by atoms with Crippen molar-refractivity contribution in [3.05, 3.63) is 76.2 Å². The molecular weight excluding hydrogens is 346 g/mol. The second-order valence-corrected chi connectivity index (χ2v) is 5.98. The summed E-state index contributed by atoms with van der Waals surface area (Å²) < 4.78 is 11.2. The Morgan fingerprint density at radius 3 is 2.30 bits per heavy atom. The van der Waals surface area contributed by atoms with Gasteiger partial charge in [-0.1, -0.05) is 35.9 Å². The molecule has 0 saturated carbocycles. The molecule has 3 aromatic rings. The highest BCUT2D eigenvalue weighted by atomic mass is 16.6. The van der Waals surface area contributed by atoms with E-state index in [2.05, 4.69) is 0 Å². The molecule has 6 heteroatoms. The van der Waals surface area contributed by atoms with E-state index in [9.17, 15) is 14.4 Å². The second-order valence-electron chi connectivity index (χ2n) is 5.98. The van der Waals surface area contributed by atoms with Crippen LogP contribution in [0.25, 0.3) is 16.5 Å². The van der Waals surface area contributed by atoms with Gasteiger partial charge in [0.05, 0.1) is 12.2 Å². The van der Waals surface area contributed by atoms with E-state index in [1.165, 1.54) is 10.8 Å². The quantitative estimate of drug-likeness (QED) is 0.650. The molecule has 0 N–H and O–H groups in total. The minimum atomic E-state index is -0.694. The Bertz CT molecular complexity index is 1050. The number of nitrogens with zero attached hydrogens (tertiary/aromatic N) is 1. The van der Waals surface area contributed by atoms with Crippen molar-refractivity contribution in [2.45, 2.75) is 13.8 Å². The number of ether oxygens (including phenoxy) is 2. The third kappa shape index (κ3) is 3.89. The monoisotopic (exact) mass is 365 g/mol. The molecule has 1 aromatic heterocycles. The SMILES string of the molecule is CCOC(=O)COC(=O)c1cn(-c2ccc(C)cc2)c(=O)c2ccccc12. The first-order valence-electron chi connectivity index (χ1n) is 8.55. The lowest BCUT2D eigenvalue weighted by molar-refractivity contribution is -0.146. The van der Waals surface area contributed by atoms with E-state index in [4.69, 9.17) is 9.47 Å². The highest BCUT2D eigenvalue weighted by Crippen LogP contribution is 2.19. The van der Waals surface area contributed by atoms with E-state index >= 15 is 0 Å². The molecule has 0 radical (unpaired) electrons. The molecule has 0 atom stereocenters. The summed E-state index contributed by atoms with van der Waals surface area (Å²) >= 11 is 0. The lowest BCUT2D eigenvalue weighted by atomic mass is 10.1. The maximum absolute atomic E-state index is 12.9. The maximum atomic E-state index is 12.9. The van der Waals surface area contributed by atoms with Crippen molar-refractivity contribution in [3.8, 4) is 5.69 Å². The van der Waals surface area contributed by atoms with Crippen LogP contribution in [0.2, 0.25) is 0 Å². The molecule has 3 rings (SSSR count). The van der Waals surface area contributed by atoms with Gasteiger partial charge in [-0.05, 0) is 32.0 Å². The van der Waals surface area contributed by atoms with Gasteiger partial charge in [0, 0.05) is 22.7 Å². The van der Waals surface area contributed by atoms with Crippen LogP contribution in [0, 0.1) is 6.92 Å². The number of hydrogen-bond acceptors (Lipinski definition) is 5. The summed E-state index contributed by atoms with van der Waals surface area (Å²) in [6.45, 7) is 3.35. The number of carbonyl (C=O) groups excluding carboxylic acids is 2. The van der Waals surface area contributed by atoms with Crippen molar-refractivity contribution in [1.82, 2.24) is 4.57 Å². The van der Waals surface area contributed by atoms with Gasteiger partial charge in [0.1, 0.15) is 0 Å². The molecule has 0 aliphatic heterocycles. The van der Waals surface area contributed by atoms with Gasteiger partial charge in [0.15, 0.2) is 6.61 Å². The van der Waals surface area contributed by atoms with Crippen LogP contribution < -0.4 is 5.56 Å². The predicted octanol–water partition coefficient (Wildman–Crippen LogP) is 3.02. The van der Waals surface area contributed by atoms with E-state index < -0.39 is 18.5 Å². The van der Waals surface area contributed by atoms with Crippen LogP contribution in [-0.2, 0) is 14.3 Å². The highest BCUT2D eigenvalue weighted by molar-refractivity contribution is 6.04. The van der Waals surface area contributed by atoms with Crippen molar-refractivity contribution in [2.75, 3.05) is 13.2 Å². The van der Waals surface area contributed by atoms with Gasteiger partial charge < -0.3 is 9.47 Å². The van der Waals surface area contributed by atoms with Crippen LogP contribution >= 0.6 is 0 Å². The first-order chi connectivity index (χ1) is 13.0. The van der Waals surface area contributed by atoms with Gasteiger partial charge in [-0.15, -0.1) is 0 Å². The van der Waals surface area contributed by atoms with Crippen LogP contribution in [0.3, 0.4) is 0 Å². The first kappa shape index (κ1) is 18.4. The Morgan fingerprint density at radius 2 is 1.63 bits per heavy atom. The molecular formula is C21H19NO5. The first-order valence-corrected chi connectivity index (χ1v) is 8.55. The number of benzene rings is 2. The van der Waals surface area contributed by atoms with E-state index in [1.807, 2.05) is 19.1 Å². The Balaban J connectivity index is 2.07. The number of fused-ring (bicyclic) bond motifs is 1. The maximum Gasteiger partial charge on any atom is 0.344 e. The predicted molar refractivity (Wildman–Crippen MR) is 101 cm³/mol. The fourth-order valence-electron chi connectivity index (χ4n) is 2.76. The zero-order valence-electron chi connectivity index (χ0n) is 15.1. The zero-order valence-corrected chi connectivity index (χ0v) is 15.1. The van der Waals surface area contributed by atoms with Crippen LogP contribution in [0.15, 0.2) is 59.5 Å². The van der Waals surface area contributed by atoms with Crippen LogP contribution in [0.5, 0.6) is 0 Å². The van der Waals surface area contributed by atoms with Crippen LogP contribution in [-0.4, -0.2) is 29.7 Å². The Kier molecular flexibility index (Phi) is 5.35. The third-order valence-corrected chi connectivity index (χ3v) is 4.08. The Morgan fingerprint density at radius 1 is 0.963 bits per heavy atom. The normalized spacial score (nSPS) is 10.6. The van der Waals surface area contributed by atoms with Gasteiger partial charge in [-0.3, -0.25) is 9.36 Å². The van der Waals surface area contributed by atoms with Crippen molar-refractivity contribution in [1.29, 1.82) is 0 Å². The number of carbonyl (C=O) groups is 2. The Hall–Kier alpha value is -3.41. The molecule has 0 aliphatic carbocycles. The van der Waals surface area contributed by atoms with E-state index in [0.29, 0.717) is 16.5 Å². The summed E-state index contributed by atoms with van der Waals surface area (Å²) in [6, 6.07) is 14.2. The summed E-state index contributed by atoms with van der Waals surface area (Å²) in [4.78, 5) is 36.9. The number of hydrogen-bond donors (Lipinski definition) is 0. The average molecular weight is 365 g/mol. The van der Waals surface area contributed by atoms with Crippen molar-refractivity contribution in [2.24, 2.45) is 0 Å². The number of aromatic nitrogens is 1. The topological polar surface area (TPSA) is 74.6 Å². The molecule has 27 heavy (non-hydrogen) atoms. The summed E-state index contributed by atoms with van der Waals surface area (Å²) in [5, 5.41) is 0.864. The molecule has 0 aliphatic rings. The molecule has 138 valence electrons. The van der Waals surface area contributed by atoms with E-state index in [0.717, 1.165) is 5.56 Å². The molecule has 0 bridgehead atoms. The molecule has 0 unspecified atom stereocenters. The number of aryl methyl sites for hydroxylation is 1. The second kappa shape index (κ2) is 7.86. The van der Waals surface area contributed by atoms with Crippen LogP contribution in [0.1, 0.15) is 22.8 Å². The third-order valence-electron chi connectivity index (χ3n) is 4.08. The number of pyridine rings is 1. The van der Waals surface area contributed by atoms with Crippen molar-refractivity contribution < 1.29 is 19.1 Å². The molecule has 2 aromatic carbocycles. The van der Waals surface area contributed by atoms with Gasteiger partial charge >= 0.3 is 11.9 Å². The lowest BCUT2D eigenvalue weighted by Crippen LogP contribution is -2.22. The zero-order chi connectivity index (χ0) is 19.4. The lowest BCUT2D eigenvalue weighted by Gasteiger charge is -2.12. The van der Waals surface area contributed by atoms with Gasteiger partial charge in [-0.25, -0.2) is 9.59 Å². The molecule has 0 spiro atoms. The average Bonchev–Trinajstić information content (AvgIpc) is 2.68. The molecule has 0 saturated heterocycles. The van der Waals surface area contributed by atoms with Gasteiger partial charge in [0.2, 0.25) is 0 Å². The van der Waals surface area contributed by atoms with Gasteiger partial charge in [0.25, 0.3) is 5.56 Å². The molecule has 0 fully saturated rings. The van der Waals surface area contributed by atoms with Crippen LogP contribution in [0.4, 0.5) is 0 Å². The minimum Gasteiger partial charge on any atom is -0.463 e. The number of rotatable bonds is 5. The highest BCUT2D eigenvalue weighted by Gasteiger charge is 2.18. The van der Waals surface area contributed by atoms with E-state index in [-0.39, 0.29) is 17.7 Å². The molecule has 1 heterocycles. The fraction of sp³-hybridized carbons (Fsp3) is 0.190. The van der Waals surface area contributed by atoms with Crippen molar-refractivity contribution >= 4 is 22.7 Å². The summed E-state index contributed by atoms with van der Waals surface area (Å²) in [5.41, 5.74) is 1.66.